The van der Waals surface area contributed by atoms with Crippen molar-refractivity contribution in [1.29, 1.82) is 0 Å². The highest BCUT2D eigenvalue weighted by molar-refractivity contribution is 5.89. The van der Waals surface area contributed by atoms with Crippen LogP contribution >= 0.6 is 0 Å². The molecule has 0 saturated carbocycles. The van der Waals surface area contributed by atoms with Crippen LogP contribution in [0.1, 0.15) is 18.7 Å². The van der Waals surface area contributed by atoms with Crippen molar-refractivity contribution >= 4 is 34.0 Å². The molecular formula is C23H24N6O3. The SMILES string of the molecule is CCOC(C(=O)NCc1ccc2c(N)n[nH]c2c1)n1cccc(Nc2ccccc2)c1=O. The number of rotatable bonds is 8. The quantitative estimate of drug-likeness (QED) is 0.339. The van der Waals surface area contributed by atoms with E-state index < -0.39 is 12.1 Å². The number of H-pyrrole nitrogens is 1. The summed E-state index contributed by atoms with van der Waals surface area (Å²) in [5.74, 6) is 0.00500. The van der Waals surface area contributed by atoms with Crippen molar-refractivity contribution in [3.05, 3.63) is 82.8 Å². The topological polar surface area (TPSA) is 127 Å². The first-order chi connectivity index (χ1) is 15.6. The van der Waals surface area contributed by atoms with Gasteiger partial charge in [0.25, 0.3) is 11.5 Å². The highest BCUT2D eigenvalue weighted by atomic mass is 16.5. The van der Waals surface area contributed by atoms with Gasteiger partial charge in [0.2, 0.25) is 6.23 Å². The molecule has 9 nitrogen and oxygen atoms in total. The standard InChI is InChI=1S/C23H24N6O3/c1-2-32-23(21(30)25-14-15-10-11-17-19(13-15)27-28-20(17)24)29-12-6-9-18(22(29)31)26-16-7-4-3-5-8-16/h3-13,23,26H,2,14H2,1H3,(H,25,30)(H3,24,27,28). The third-order valence-corrected chi connectivity index (χ3v) is 4.95. The van der Waals surface area contributed by atoms with E-state index in [1.807, 2.05) is 48.5 Å². The smallest absolute Gasteiger partial charge is 0.276 e. The van der Waals surface area contributed by atoms with Crippen LogP contribution in [0.15, 0.2) is 71.7 Å². The highest BCUT2D eigenvalue weighted by Gasteiger charge is 2.22. The van der Waals surface area contributed by atoms with E-state index in [2.05, 4.69) is 20.8 Å². The summed E-state index contributed by atoms with van der Waals surface area (Å²) in [6.45, 7) is 2.29. The fourth-order valence-corrected chi connectivity index (χ4v) is 3.38. The number of hydrogen-bond donors (Lipinski definition) is 4. The molecule has 0 spiro atoms. The maximum Gasteiger partial charge on any atom is 0.276 e. The maximum absolute atomic E-state index is 13.0. The number of nitrogens with one attached hydrogen (secondary N) is 3. The van der Waals surface area contributed by atoms with E-state index in [1.54, 1.807) is 19.1 Å². The van der Waals surface area contributed by atoms with Gasteiger partial charge in [-0.25, -0.2) is 0 Å². The van der Waals surface area contributed by atoms with Crippen molar-refractivity contribution in [3.63, 3.8) is 0 Å². The first kappa shape index (κ1) is 21.1. The number of aromatic amines is 1. The number of aromatic nitrogens is 3. The van der Waals surface area contributed by atoms with Crippen LogP contribution in [-0.2, 0) is 16.1 Å². The zero-order chi connectivity index (χ0) is 22.5. The van der Waals surface area contributed by atoms with Crippen molar-refractivity contribution in [3.8, 4) is 0 Å². The number of carbonyl (C=O) groups is 1. The van der Waals surface area contributed by atoms with Gasteiger partial charge in [-0.15, -0.1) is 0 Å². The van der Waals surface area contributed by atoms with Gasteiger partial charge in [0.05, 0.1) is 5.52 Å². The molecule has 0 bridgehead atoms. The molecule has 0 aliphatic carbocycles. The number of hydrogen-bond acceptors (Lipinski definition) is 6. The van der Waals surface area contributed by atoms with Gasteiger partial charge < -0.3 is 21.1 Å². The van der Waals surface area contributed by atoms with Crippen LogP contribution in [0.4, 0.5) is 17.2 Å². The van der Waals surface area contributed by atoms with Crippen LogP contribution in [0.5, 0.6) is 0 Å². The summed E-state index contributed by atoms with van der Waals surface area (Å²) in [7, 11) is 0. The van der Waals surface area contributed by atoms with Gasteiger partial charge >= 0.3 is 0 Å². The number of nitrogens with two attached hydrogens (primary N) is 1. The van der Waals surface area contributed by atoms with Gasteiger partial charge in [-0.3, -0.25) is 19.3 Å². The Balaban J connectivity index is 1.52. The van der Waals surface area contributed by atoms with E-state index in [1.165, 1.54) is 10.8 Å². The average Bonchev–Trinajstić information content (AvgIpc) is 3.18. The molecule has 0 radical (unpaired) electrons. The first-order valence-electron chi connectivity index (χ1n) is 10.2. The fourth-order valence-electron chi connectivity index (χ4n) is 3.38. The maximum atomic E-state index is 13.0. The number of para-hydroxylation sites is 1. The molecule has 164 valence electrons. The van der Waals surface area contributed by atoms with Crippen molar-refractivity contribution in [2.45, 2.75) is 19.7 Å². The van der Waals surface area contributed by atoms with E-state index >= 15 is 0 Å². The molecule has 0 saturated heterocycles. The van der Waals surface area contributed by atoms with Crippen LogP contribution < -0.4 is 21.9 Å². The van der Waals surface area contributed by atoms with E-state index in [0.29, 0.717) is 11.5 Å². The summed E-state index contributed by atoms with van der Waals surface area (Å²) >= 11 is 0. The molecule has 1 unspecified atom stereocenters. The van der Waals surface area contributed by atoms with Crippen molar-refractivity contribution in [2.24, 2.45) is 0 Å². The molecule has 1 amide bonds. The monoisotopic (exact) mass is 432 g/mol. The minimum absolute atomic E-state index is 0.258. The second-order valence-corrected chi connectivity index (χ2v) is 7.14. The van der Waals surface area contributed by atoms with E-state index in [4.69, 9.17) is 10.5 Å². The van der Waals surface area contributed by atoms with E-state index in [9.17, 15) is 9.59 Å². The van der Waals surface area contributed by atoms with Crippen LogP contribution in [0.3, 0.4) is 0 Å². The molecule has 4 rings (SSSR count). The second kappa shape index (κ2) is 9.36. The van der Waals surface area contributed by atoms with Crippen LogP contribution in [-0.4, -0.2) is 27.3 Å². The number of nitrogen functional groups attached to an aromatic ring is 1. The summed E-state index contributed by atoms with van der Waals surface area (Å²) in [5.41, 5.74) is 8.19. The predicted molar refractivity (Wildman–Crippen MR) is 123 cm³/mol. The van der Waals surface area contributed by atoms with Crippen LogP contribution in [0.25, 0.3) is 10.9 Å². The molecule has 0 fully saturated rings. The summed E-state index contributed by atoms with van der Waals surface area (Å²) in [5, 5.41) is 13.6. The molecule has 2 aromatic heterocycles. The van der Waals surface area contributed by atoms with Crippen molar-refractivity contribution < 1.29 is 9.53 Å². The van der Waals surface area contributed by atoms with Gasteiger partial charge in [-0.05, 0) is 48.9 Å². The number of ether oxygens (including phenoxy) is 1. The molecule has 0 aliphatic rings. The molecule has 2 heterocycles. The second-order valence-electron chi connectivity index (χ2n) is 7.14. The number of nitrogens with zero attached hydrogens (tertiary/aromatic N) is 2. The average molecular weight is 432 g/mol. The van der Waals surface area contributed by atoms with E-state index in [0.717, 1.165) is 22.2 Å². The van der Waals surface area contributed by atoms with Gasteiger partial charge in [0.1, 0.15) is 5.69 Å². The normalized spacial score (nSPS) is 11.9. The van der Waals surface area contributed by atoms with Crippen molar-refractivity contribution in [2.75, 3.05) is 17.7 Å². The third-order valence-electron chi connectivity index (χ3n) is 4.95. The Labute approximate surface area is 184 Å². The highest BCUT2D eigenvalue weighted by Crippen LogP contribution is 2.19. The number of benzene rings is 2. The Morgan fingerprint density at radius 1 is 1.19 bits per heavy atom. The lowest BCUT2D eigenvalue weighted by Gasteiger charge is -2.20. The van der Waals surface area contributed by atoms with Crippen LogP contribution in [0, 0.1) is 0 Å². The largest absolute Gasteiger partial charge is 0.382 e. The molecular weight excluding hydrogens is 408 g/mol. The lowest BCUT2D eigenvalue weighted by atomic mass is 10.1. The number of pyridine rings is 1. The zero-order valence-corrected chi connectivity index (χ0v) is 17.5. The first-order valence-corrected chi connectivity index (χ1v) is 10.2. The summed E-state index contributed by atoms with van der Waals surface area (Å²) in [6, 6.07) is 18.3. The van der Waals surface area contributed by atoms with Crippen molar-refractivity contribution in [1.82, 2.24) is 20.1 Å². The minimum Gasteiger partial charge on any atom is -0.382 e. The molecule has 9 heteroatoms. The fraction of sp³-hybridized carbons (Fsp3) is 0.174. The number of anilines is 3. The van der Waals surface area contributed by atoms with Gasteiger partial charge in [-0.1, -0.05) is 24.3 Å². The molecule has 4 aromatic rings. The minimum atomic E-state index is -1.10. The van der Waals surface area contributed by atoms with Crippen LogP contribution in [0.2, 0.25) is 0 Å². The lowest BCUT2D eigenvalue weighted by Crippen LogP contribution is -2.38. The van der Waals surface area contributed by atoms with E-state index in [-0.39, 0.29) is 18.7 Å². The van der Waals surface area contributed by atoms with Gasteiger partial charge in [0.15, 0.2) is 5.82 Å². The summed E-state index contributed by atoms with van der Waals surface area (Å²) in [6.07, 6.45) is 0.439. The molecule has 1 atom stereocenters. The lowest BCUT2D eigenvalue weighted by molar-refractivity contribution is -0.139. The molecule has 0 aliphatic heterocycles. The summed E-state index contributed by atoms with van der Waals surface area (Å²) in [4.78, 5) is 26.0. The molecule has 2 aromatic carbocycles. The Kier molecular flexibility index (Phi) is 6.18. The van der Waals surface area contributed by atoms with Gasteiger partial charge in [0, 0.05) is 30.4 Å². The number of amides is 1. The summed E-state index contributed by atoms with van der Waals surface area (Å²) < 4.78 is 6.91. The molecule has 32 heavy (non-hydrogen) atoms. The Morgan fingerprint density at radius 3 is 2.78 bits per heavy atom. The number of fused-ring (bicyclic) bond motifs is 1. The molecule has 5 N–H and O–H groups in total. The Bertz CT molecular complexity index is 1280. The Hall–Kier alpha value is -4.11. The Morgan fingerprint density at radius 2 is 2.00 bits per heavy atom. The van der Waals surface area contributed by atoms with Gasteiger partial charge in [-0.2, -0.15) is 5.10 Å². The zero-order valence-electron chi connectivity index (χ0n) is 17.5. The third kappa shape index (κ3) is 4.47. The number of carbonyl (C=O) groups excluding carboxylic acids is 1. The predicted octanol–water partition coefficient (Wildman–Crippen LogP) is 2.90.